The smallest absolute Gasteiger partial charge is 0.251 e. The highest BCUT2D eigenvalue weighted by Crippen LogP contribution is 2.12. The van der Waals surface area contributed by atoms with Crippen LogP contribution < -0.4 is 5.32 Å². The van der Waals surface area contributed by atoms with Gasteiger partial charge in [-0.3, -0.25) is 9.20 Å². The van der Waals surface area contributed by atoms with Gasteiger partial charge in [-0.25, -0.2) is 8.78 Å². The maximum atomic E-state index is 13.5. The van der Waals surface area contributed by atoms with Crippen LogP contribution in [0.25, 0.3) is 5.65 Å². The Morgan fingerprint density at radius 2 is 1.95 bits per heavy atom. The Bertz CT molecular complexity index is 840. The van der Waals surface area contributed by atoms with Crippen molar-refractivity contribution in [2.24, 2.45) is 0 Å². The van der Waals surface area contributed by atoms with Gasteiger partial charge >= 0.3 is 0 Å². The van der Waals surface area contributed by atoms with Gasteiger partial charge in [-0.1, -0.05) is 6.07 Å². The largest absolute Gasteiger partial charge is 0.348 e. The highest BCUT2D eigenvalue weighted by atomic mass is 19.1. The first-order valence-electron chi connectivity index (χ1n) is 6.59. The third kappa shape index (κ3) is 2.52. The zero-order chi connectivity index (χ0) is 15.7. The molecule has 0 aliphatic heterocycles. The van der Waals surface area contributed by atoms with Crippen molar-refractivity contribution in [3.63, 3.8) is 0 Å². The van der Waals surface area contributed by atoms with Gasteiger partial charge in [-0.05, 0) is 31.2 Å². The minimum Gasteiger partial charge on any atom is -0.348 e. The molecule has 0 bridgehead atoms. The number of carbonyl (C=O) groups is 1. The number of halogens is 2. The molecule has 0 saturated carbocycles. The Labute approximate surface area is 124 Å². The molecule has 2 heterocycles. The van der Waals surface area contributed by atoms with Crippen molar-refractivity contribution >= 4 is 11.6 Å². The molecule has 1 N–H and O–H groups in total. The average Bonchev–Trinajstić information content (AvgIpc) is 2.87. The van der Waals surface area contributed by atoms with Crippen molar-refractivity contribution in [3.8, 4) is 0 Å². The molecule has 1 aromatic carbocycles. The summed E-state index contributed by atoms with van der Waals surface area (Å²) in [6.45, 7) is 1.56. The first kappa shape index (κ1) is 14.1. The zero-order valence-electron chi connectivity index (χ0n) is 11.7. The third-order valence-corrected chi connectivity index (χ3v) is 3.33. The molecule has 0 spiro atoms. The van der Waals surface area contributed by atoms with E-state index in [0.29, 0.717) is 17.0 Å². The molecule has 0 unspecified atom stereocenters. The van der Waals surface area contributed by atoms with E-state index in [4.69, 9.17) is 0 Å². The van der Waals surface area contributed by atoms with Gasteiger partial charge in [-0.15, -0.1) is 10.2 Å². The fourth-order valence-corrected chi connectivity index (χ4v) is 2.12. The molecule has 0 fully saturated rings. The summed E-state index contributed by atoms with van der Waals surface area (Å²) in [6, 6.07) is 6.73. The van der Waals surface area contributed by atoms with E-state index in [9.17, 15) is 13.6 Å². The number of nitrogens with zero attached hydrogens (tertiary/aromatic N) is 3. The lowest BCUT2D eigenvalue weighted by Crippen LogP contribution is -2.24. The molecular weight excluding hydrogens is 290 g/mol. The monoisotopic (exact) mass is 302 g/mol. The second kappa shape index (κ2) is 5.51. The molecule has 0 radical (unpaired) electrons. The van der Waals surface area contributed by atoms with E-state index in [0.717, 1.165) is 12.1 Å². The van der Waals surface area contributed by atoms with Gasteiger partial charge in [-0.2, -0.15) is 0 Å². The van der Waals surface area contributed by atoms with Crippen LogP contribution in [0.1, 0.15) is 21.7 Å². The van der Waals surface area contributed by atoms with E-state index in [1.807, 2.05) is 0 Å². The fourth-order valence-electron chi connectivity index (χ4n) is 2.12. The maximum absolute atomic E-state index is 13.5. The molecular formula is C15H12F2N4O. The SMILES string of the molecule is Cc1nnc2cc(C(=O)NCc3c(F)cccc3F)ccn12. The van der Waals surface area contributed by atoms with Crippen LogP contribution in [0.5, 0.6) is 0 Å². The lowest BCUT2D eigenvalue weighted by molar-refractivity contribution is 0.0950. The van der Waals surface area contributed by atoms with Gasteiger partial charge < -0.3 is 5.32 Å². The fraction of sp³-hybridized carbons (Fsp3) is 0.133. The van der Waals surface area contributed by atoms with Gasteiger partial charge in [0.25, 0.3) is 5.91 Å². The van der Waals surface area contributed by atoms with E-state index >= 15 is 0 Å². The first-order chi connectivity index (χ1) is 10.6. The molecule has 7 heteroatoms. The summed E-state index contributed by atoms with van der Waals surface area (Å²) in [7, 11) is 0. The van der Waals surface area contributed by atoms with Crippen molar-refractivity contribution < 1.29 is 13.6 Å². The minimum absolute atomic E-state index is 0.171. The standard InChI is InChI=1S/C15H12F2N4O/c1-9-19-20-14-7-10(5-6-21(9)14)15(22)18-8-11-12(16)3-2-4-13(11)17/h2-7H,8H2,1H3,(H,18,22). The zero-order valence-corrected chi connectivity index (χ0v) is 11.7. The van der Waals surface area contributed by atoms with Crippen molar-refractivity contribution in [2.75, 3.05) is 0 Å². The average molecular weight is 302 g/mol. The van der Waals surface area contributed by atoms with Crippen molar-refractivity contribution in [2.45, 2.75) is 13.5 Å². The van der Waals surface area contributed by atoms with Gasteiger partial charge in [0, 0.05) is 23.9 Å². The molecule has 3 rings (SSSR count). The number of aromatic nitrogens is 3. The number of fused-ring (bicyclic) bond motifs is 1. The summed E-state index contributed by atoms with van der Waals surface area (Å²) in [6.07, 6.45) is 1.67. The maximum Gasteiger partial charge on any atom is 0.251 e. The lowest BCUT2D eigenvalue weighted by atomic mass is 10.2. The molecule has 22 heavy (non-hydrogen) atoms. The summed E-state index contributed by atoms with van der Waals surface area (Å²) < 4.78 is 28.7. The number of aryl methyl sites for hydroxylation is 1. The van der Waals surface area contributed by atoms with Gasteiger partial charge in [0.05, 0.1) is 0 Å². The molecule has 0 atom stereocenters. The van der Waals surface area contributed by atoms with E-state index in [1.165, 1.54) is 6.07 Å². The number of pyridine rings is 1. The summed E-state index contributed by atoms with van der Waals surface area (Å²) >= 11 is 0. The molecule has 5 nitrogen and oxygen atoms in total. The molecule has 0 aliphatic rings. The molecule has 0 saturated heterocycles. The van der Waals surface area contributed by atoms with Crippen LogP contribution in [0.2, 0.25) is 0 Å². The van der Waals surface area contributed by atoms with Crippen molar-refractivity contribution in [1.82, 2.24) is 19.9 Å². The highest BCUT2D eigenvalue weighted by Gasteiger charge is 2.12. The molecule has 112 valence electrons. The van der Waals surface area contributed by atoms with E-state index in [-0.39, 0.29) is 12.1 Å². The predicted molar refractivity (Wildman–Crippen MR) is 75.3 cm³/mol. The first-order valence-corrected chi connectivity index (χ1v) is 6.59. The summed E-state index contributed by atoms with van der Waals surface area (Å²) in [5.74, 6) is -1.12. The van der Waals surface area contributed by atoms with Crippen LogP contribution in [-0.2, 0) is 6.54 Å². The Morgan fingerprint density at radius 1 is 1.23 bits per heavy atom. The van der Waals surface area contributed by atoms with E-state index in [2.05, 4.69) is 15.5 Å². The lowest BCUT2D eigenvalue weighted by Gasteiger charge is -2.07. The topological polar surface area (TPSA) is 59.3 Å². The second-order valence-electron chi connectivity index (χ2n) is 4.77. The van der Waals surface area contributed by atoms with Crippen molar-refractivity contribution in [1.29, 1.82) is 0 Å². The van der Waals surface area contributed by atoms with Crippen LogP contribution in [-0.4, -0.2) is 20.5 Å². The van der Waals surface area contributed by atoms with Crippen LogP contribution in [0.4, 0.5) is 8.78 Å². The number of benzene rings is 1. The number of amides is 1. The van der Waals surface area contributed by atoms with Gasteiger partial charge in [0.15, 0.2) is 5.65 Å². The number of nitrogens with one attached hydrogen (secondary N) is 1. The van der Waals surface area contributed by atoms with Crippen molar-refractivity contribution in [3.05, 3.63) is 65.1 Å². The third-order valence-electron chi connectivity index (χ3n) is 3.33. The highest BCUT2D eigenvalue weighted by molar-refractivity contribution is 5.94. The molecule has 1 amide bonds. The predicted octanol–water partition coefficient (Wildman–Crippen LogP) is 2.25. The molecule has 2 aromatic heterocycles. The Balaban J connectivity index is 1.78. The van der Waals surface area contributed by atoms with Gasteiger partial charge in [0.2, 0.25) is 0 Å². The molecule has 0 aliphatic carbocycles. The number of hydrogen-bond acceptors (Lipinski definition) is 3. The summed E-state index contributed by atoms with van der Waals surface area (Å²) in [5, 5.41) is 10.3. The number of hydrogen-bond donors (Lipinski definition) is 1. The van der Waals surface area contributed by atoms with E-state index < -0.39 is 17.5 Å². The van der Waals surface area contributed by atoms with Crippen LogP contribution >= 0.6 is 0 Å². The Hall–Kier alpha value is -2.83. The van der Waals surface area contributed by atoms with Crippen LogP contribution in [0.3, 0.4) is 0 Å². The molecule has 3 aromatic rings. The second-order valence-corrected chi connectivity index (χ2v) is 4.77. The number of carbonyl (C=O) groups excluding carboxylic acids is 1. The van der Waals surface area contributed by atoms with Crippen LogP contribution in [0.15, 0.2) is 36.5 Å². The van der Waals surface area contributed by atoms with Gasteiger partial charge in [0.1, 0.15) is 17.5 Å². The summed E-state index contributed by atoms with van der Waals surface area (Å²) in [4.78, 5) is 12.1. The van der Waals surface area contributed by atoms with Crippen LogP contribution in [0, 0.1) is 18.6 Å². The Kier molecular flexibility index (Phi) is 3.54. The minimum atomic E-state index is -0.691. The Morgan fingerprint density at radius 3 is 2.68 bits per heavy atom. The number of rotatable bonds is 3. The quantitative estimate of drug-likeness (QED) is 0.807. The summed E-state index contributed by atoms with van der Waals surface area (Å²) in [5.41, 5.74) is 0.703. The normalized spacial score (nSPS) is 10.9. The van der Waals surface area contributed by atoms with E-state index in [1.54, 1.807) is 29.7 Å².